The molecular weight excluding hydrogens is 546 g/mol. The normalized spacial score (nSPS) is 20.0. The van der Waals surface area contributed by atoms with Crippen LogP contribution in [0.4, 0.5) is 14.5 Å². The maximum atomic E-state index is 14.4. The van der Waals surface area contributed by atoms with E-state index in [1.165, 1.54) is 31.5 Å². The number of halogens is 2. The quantitative estimate of drug-likeness (QED) is 0.438. The number of nitrogens with zero attached hydrogens (tertiary/aromatic N) is 6. The molecule has 3 fully saturated rings. The number of pyridine rings is 2. The number of amides is 2. The van der Waals surface area contributed by atoms with Crippen molar-refractivity contribution in [1.82, 2.24) is 35.3 Å². The van der Waals surface area contributed by atoms with Gasteiger partial charge in [0.1, 0.15) is 11.5 Å². The van der Waals surface area contributed by atoms with Crippen LogP contribution in [0.2, 0.25) is 0 Å². The number of H-pyrrole nitrogens is 1. The smallest absolute Gasteiger partial charge is 0.272 e. The van der Waals surface area contributed by atoms with E-state index in [4.69, 9.17) is 4.74 Å². The zero-order valence-corrected chi connectivity index (χ0v) is 23.7. The largest absolute Gasteiger partial charge is 0.481 e. The Hall–Kier alpha value is -4.13. The average molecular weight is 581 g/mol. The standard InChI is InChI=1S/C29H34F2N8O3/c1-37-7-9-38(10-8-37)25-11-19(30)15-32-24(25)17-34-27(40)18-3-6-39(29(14-18)4-5-29)28(41)23-13-22(35-36-23)20-12-26(42-2)33-16-21(20)31/h11-13,15-16,18H,3-10,14,17H2,1-2H3,(H,34,40)(H,35,36). The summed E-state index contributed by atoms with van der Waals surface area (Å²) in [6.45, 7) is 3.90. The topological polar surface area (TPSA) is 120 Å². The molecule has 1 aliphatic carbocycles. The number of carbonyl (C=O) groups is 2. The van der Waals surface area contributed by atoms with Gasteiger partial charge in [0, 0.05) is 61.9 Å². The van der Waals surface area contributed by atoms with E-state index in [2.05, 4.69) is 42.3 Å². The first-order valence-corrected chi connectivity index (χ1v) is 14.2. The van der Waals surface area contributed by atoms with E-state index in [1.807, 2.05) is 4.90 Å². The monoisotopic (exact) mass is 580 g/mol. The molecular formula is C29H34F2N8O3. The number of ether oxygens (including phenoxy) is 1. The maximum Gasteiger partial charge on any atom is 0.272 e. The van der Waals surface area contributed by atoms with Gasteiger partial charge < -0.3 is 24.8 Å². The number of likely N-dealkylation sites (N-methyl/N-ethyl adjacent to an activating group) is 1. The number of piperidine rings is 1. The number of hydrogen-bond acceptors (Lipinski definition) is 8. The van der Waals surface area contributed by atoms with Crippen LogP contribution in [0.15, 0.2) is 30.6 Å². The highest BCUT2D eigenvalue weighted by Crippen LogP contribution is 2.50. The van der Waals surface area contributed by atoms with Crippen LogP contribution in [0.1, 0.15) is 41.9 Å². The van der Waals surface area contributed by atoms with Gasteiger partial charge in [-0.1, -0.05) is 0 Å². The molecule has 1 unspecified atom stereocenters. The average Bonchev–Trinajstić information content (AvgIpc) is 3.57. The number of aromatic nitrogens is 4. The summed E-state index contributed by atoms with van der Waals surface area (Å²) in [4.78, 5) is 41.1. The van der Waals surface area contributed by atoms with Gasteiger partial charge in [0.25, 0.3) is 5.91 Å². The van der Waals surface area contributed by atoms with Gasteiger partial charge in [-0.05, 0) is 38.8 Å². The third-order valence-electron chi connectivity index (χ3n) is 8.65. The highest BCUT2D eigenvalue weighted by Gasteiger charge is 2.54. The number of hydrogen-bond donors (Lipinski definition) is 2. The van der Waals surface area contributed by atoms with Gasteiger partial charge in [-0.15, -0.1) is 0 Å². The Bertz CT molecular complexity index is 1490. The Morgan fingerprint density at radius 2 is 1.88 bits per heavy atom. The molecule has 42 heavy (non-hydrogen) atoms. The fraction of sp³-hybridized carbons (Fsp3) is 0.483. The van der Waals surface area contributed by atoms with Crippen molar-refractivity contribution in [3.63, 3.8) is 0 Å². The first kappa shape index (κ1) is 28.0. The molecule has 3 aromatic rings. The van der Waals surface area contributed by atoms with Crippen LogP contribution in [-0.2, 0) is 11.3 Å². The SMILES string of the molecule is COc1cc(-c2cc(C(=O)N3CCC(C(=O)NCc4ncc(F)cc4N4CCN(C)CC4)CC34CC4)[nH]n2)c(F)cn1. The number of likely N-dealkylation sites (tertiary alicyclic amines) is 1. The molecule has 5 heterocycles. The van der Waals surface area contributed by atoms with Crippen molar-refractivity contribution in [2.75, 3.05) is 51.8 Å². The number of anilines is 1. The summed E-state index contributed by atoms with van der Waals surface area (Å²) in [5.41, 5.74) is 1.69. The highest BCUT2D eigenvalue weighted by molar-refractivity contribution is 5.94. The minimum atomic E-state index is -0.571. The van der Waals surface area contributed by atoms with E-state index in [0.717, 1.165) is 45.2 Å². The molecule has 0 aromatic carbocycles. The number of nitrogens with one attached hydrogen (secondary N) is 2. The van der Waals surface area contributed by atoms with Crippen molar-refractivity contribution in [3.05, 3.63) is 53.6 Å². The maximum absolute atomic E-state index is 14.4. The predicted molar refractivity (Wildman–Crippen MR) is 150 cm³/mol. The molecule has 3 aliphatic rings. The Kier molecular flexibility index (Phi) is 7.52. The second-order valence-electron chi connectivity index (χ2n) is 11.4. The summed E-state index contributed by atoms with van der Waals surface area (Å²) < 4.78 is 33.6. The van der Waals surface area contributed by atoms with E-state index >= 15 is 0 Å². The van der Waals surface area contributed by atoms with Gasteiger partial charge in [0.05, 0.1) is 43.1 Å². The van der Waals surface area contributed by atoms with Crippen molar-refractivity contribution in [1.29, 1.82) is 0 Å². The van der Waals surface area contributed by atoms with Crippen LogP contribution in [0.5, 0.6) is 5.88 Å². The van der Waals surface area contributed by atoms with E-state index in [-0.39, 0.29) is 52.6 Å². The summed E-state index contributed by atoms with van der Waals surface area (Å²) in [5, 5.41) is 9.93. The Morgan fingerprint density at radius 3 is 2.62 bits per heavy atom. The van der Waals surface area contributed by atoms with Gasteiger partial charge in [-0.2, -0.15) is 5.10 Å². The molecule has 2 saturated heterocycles. The Labute approximate surface area is 242 Å². The van der Waals surface area contributed by atoms with Crippen LogP contribution in [0.3, 0.4) is 0 Å². The number of carbonyl (C=O) groups excluding carboxylic acids is 2. The van der Waals surface area contributed by atoms with Crippen molar-refractivity contribution >= 4 is 17.5 Å². The molecule has 0 bridgehead atoms. The molecule has 13 heteroatoms. The summed E-state index contributed by atoms with van der Waals surface area (Å²) in [6, 6.07) is 4.45. The van der Waals surface area contributed by atoms with Gasteiger partial charge in [0.2, 0.25) is 11.8 Å². The number of methoxy groups -OCH3 is 1. The fourth-order valence-electron chi connectivity index (χ4n) is 6.02. The molecule has 3 aromatic heterocycles. The van der Waals surface area contributed by atoms with Crippen LogP contribution in [0, 0.1) is 17.6 Å². The van der Waals surface area contributed by atoms with E-state index < -0.39 is 11.6 Å². The molecule has 2 N–H and O–H groups in total. The molecule has 0 radical (unpaired) electrons. The minimum absolute atomic E-state index is 0.0882. The molecule has 2 amide bonds. The number of piperazine rings is 1. The lowest BCUT2D eigenvalue weighted by Crippen LogP contribution is -2.50. The second-order valence-corrected chi connectivity index (χ2v) is 11.4. The second kappa shape index (κ2) is 11.3. The third kappa shape index (κ3) is 5.52. The van der Waals surface area contributed by atoms with Crippen molar-refractivity contribution in [2.45, 2.75) is 37.8 Å². The van der Waals surface area contributed by atoms with Crippen LogP contribution >= 0.6 is 0 Å². The predicted octanol–water partition coefficient (Wildman–Crippen LogP) is 2.61. The molecule has 1 saturated carbocycles. The van der Waals surface area contributed by atoms with Crippen molar-refractivity contribution < 1.29 is 23.1 Å². The lowest BCUT2D eigenvalue weighted by molar-refractivity contribution is -0.127. The van der Waals surface area contributed by atoms with E-state index in [9.17, 15) is 18.4 Å². The van der Waals surface area contributed by atoms with Gasteiger partial charge in [-0.3, -0.25) is 19.7 Å². The summed E-state index contributed by atoms with van der Waals surface area (Å²) in [7, 11) is 3.50. The van der Waals surface area contributed by atoms with E-state index in [1.54, 1.807) is 0 Å². The Morgan fingerprint density at radius 1 is 1.10 bits per heavy atom. The number of rotatable bonds is 7. The molecule has 222 valence electrons. The van der Waals surface area contributed by atoms with Crippen LogP contribution in [-0.4, -0.2) is 94.2 Å². The molecule has 11 nitrogen and oxygen atoms in total. The molecule has 1 atom stereocenters. The first-order valence-electron chi connectivity index (χ1n) is 14.2. The number of aromatic amines is 1. The lowest BCUT2D eigenvalue weighted by Gasteiger charge is -2.39. The van der Waals surface area contributed by atoms with Gasteiger partial charge >= 0.3 is 0 Å². The summed E-state index contributed by atoms with van der Waals surface area (Å²) in [5.74, 6) is -1.29. The summed E-state index contributed by atoms with van der Waals surface area (Å²) >= 11 is 0. The Balaban J connectivity index is 1.09. The molecule has 2 aliphatic heterocycles. The van der Waals surface area contributed by atoms with Gasteiger partial charge in [0.15, 0.2) is 5.82 Å². The van der Waals surface area contributed by atoms with Crippen LogP contribution in [0.25, 0.3) is 11.3 Å². The fourth-order valence-corrected chi connectivity index (χ4v) is 6.02. The first-order chi connectivity index (χ1) is 20.3. The van der Waals surface area contributed by atoms with Crippen molar-refractivity contribution in [3.8, 4) is 17.1 Å². The van der Waals surface area contributed by atoms with Crippen LogP contribution < -0.4 is 15.0 Å². The van der Waals surface area contributed by atoms with E-state index in [0.29, 0.717) is 30.8 Å². The highest BCUT2D eigenvalue weighted by atomic mass is 19.1. The zero-order chi connectivity index (χ0) is 29.4. The molecule has 1 spiro atoms. The molecule has 6 rings (SSSR count). The van der Waals surface area contributed by atoms with Gasteiger partial charge in [-0.25, -0.2) is 13.8 Å². The van der Waals surface area contributed by atoms with Crippen molar-refractivity contribution in [2.24, 2.45) is 5.92 Å². The summed E-state index contributed by atoms with van der Waals surface area (Å²) in [6.07, 6.45) is 4.94. The third-order valence-corrected chi connectivity index (χ3v) is 8.65. The zero-order valence-electron chi connectivity index (χ0n) is 23.7. The minimum Gasteiger partial charge on any atom is -0.481 e. The lowest BCUT2D eigenvalue weighted by atomic mass is 9.88.